The number of hydrogen-bond donors (Lipinski definition) is 1. The molecule has 2 aromatic rings. The van der Waals surface area contributed by atoms with E-state index in [0.29, 0.717) is 27.2 Å². The van der Waals surface area contributed by atoms with E-state index in [1.807, 2.05) is 20.8 Å². The molecule has 0 aliphatic rings. The first kappa shape index (κ1) is 24.0. The standard InChI is InChI=1S/C20H23Cl3N2O3S/c1-20(2,3)13-24-19(26)12-25(11-14-4-9-17(22)18(23)10-14)29(27,28)16-7-5-15(21)6-8-16/h4-10H,11-13H2,1-3H3,(H,24,26). The van der Waals surface area contributed by atoms with Crippen LogP contribution in [-0.4, -0.2) is 31.7 Å². The highest BCUT2D eigenvalue weighted by Crippen LogP contribution is 2.25. The van der Waals surface area contributed by atoms with E-state index < -0.39 is 15.9 Å². The van der Waals surface area contributed by atoms with Gasteiger partial charge in [-0.3, -0.25) is 4.79 Å². The molecule has 0 spiro atoms. The Morgan fingerprint density at radius 3 is 2.17 bits per heavy atom. The van der Waals surface area contributed by atoms with Gasteiger partial charge in [0.15, 0.2) is 0 Å². The smallest absolute Gasteiger partial charge is 0.243 e. The van der Waals surface area contributed by atoms with Crippen LogP contribution in [0.2, 0.25) is 15.1 Å². The maximum Gasteiger partial charge on any atom is 0.243 e. The van der Waals surface area contributed by atoms with Crippen molar-refractivity contribution in [2.45, 2.75) is 32.2 Å². The average Bonchev–Trinajstić information content (AvgIpc) is 2.62. The van der Waals surface area contributed by atoms with Crippen LogP contribution in [0, 0.1) is 5.41 Å². The van der Waals surface area contributed by atoms with Crippen LogP contribution >= 0.6 is 34.8 Å². The highest BCUT2D eigenvalue weighted by molar-refractivity contribution is 7.89. The molecule has 9 heteroatoms. The molecular weight excluding hydrogens is 455 g/mol. The summed E-state index contributed by atoms with van der Waals surface area (Å²) >= 11 is 17.9. The minimum atomic E-state index is -3.95. The van der Waals surface area contributed by atoms with Crippen molar-refractivity contribution in [1.29, 1.82) is 0 Å². The summed E-state index contributed by atoms with van der Waals surface area (Å²) in [5.41, 5.74) is 0.486. The number of nitrogens with zero attached hydrogens (tertiary/aromatic N) is 1. The van der Waals surface area contributed by atoms with Crippen LogP contribution in [0.25, 0.3) is 0 Å². The number of amides is 1. The fraction of sp³-hybridized carbons (Fsp3) is 0.350. The van der Waals surface area contributed by atoms with Gasteiger partial charge in [0.1, 0.15) is 0 Å². The van der Waals surface area contributed by atoms with E-state index in [1.165, 1.54) is 24.3 Å². The summed E-state index contributed by atoms with van der Waals surface area (Å²) in [7, 11) is -3.95. The third kappa shape index (κ3) is 7.15. The zero-order valence-corrected chi connectivity index (χ0v) is 19.5. The van der Waals surface area contributed by atoms with Crippen molar-refractivity contribution < 1.29 is 13.2 Å². The summed E-state index contributed by atoms with van der Waals surface area (Å²) in [5, 5.41) is 3.87. The number of hydrogen-bond acceptors (Lipinski definition) is 3. The Hall–Kier alpha value is -1.31. The van der Waals surface area contributed by atoms with E-state index in [2.05, 4.69) is 5.32 Å². The zero-order valence-electron chi connectivity index (χ0n) is 16.4. The second-order valence-electron chi connectivity index (χ2n) is 7.81. The van der Waals surface area contributed by atoms with Gasteiger partial charge in [-0.2, -0.15) is 4.31 Å². The predicted octanol–water partition coefficient (Wildman–Crippen LogP) is 5.00. The molecule has 0 saturated heterocycles. The third-order valence-corrected chi connectivity index (χ3v) is 6.73. The van der Waals surface area contributed by atoms with E-state index in [1.54, 1.807) is 18.2 Å². The summed E-state index contributed by atoms with van der Waals surface area (Å²) in [4.78, 5) is 12.5. The molecule has 0 fully saturated rings. The SMILES string of the molecule is CC(C)(C)CNC(=O)CN(Cc1ccc(Cl)c(Cl)c1)S(=O)(=O)c1ccc(Cl)cc1. The van der Waals surface area contributed by atoms with Crippen molar-refractivity contribution in [1.82, 2.24) is 9.62 Å². The first-order valence-corrected chi connectivity index (χ1v) is 11.4. The number of carbonyl (C=O) groups excluding carboxylic acids is 1. The molecule has 0 unspecified atom stereocenters. The fourth-order valence-electron chi connectivity index (χ4n) is 2.40. The van der Waals surface area contributed by atoms with Gasteiger partial charge in [-0.15, -0.1) is 0 Å². The Kier molecular flexibility index (Phi) is 7.99. The van der Waals surface area contributed by atoms with E-state index >= 15 is 0 Å². The Balaban J connectivity index is 2.32. The zero-order chi connectivity index (χ0) is 21.8. The second kappa shape index (κ2) is 9.67. The molecule has 2 rings (SSSR count). The summed E-state index contributed by atoms with van der Waals surface area (Å²) in [6.45, 7) is 5.99. The highest BCUT2D eigenvalue weighted by Gasteiger charge is 2.27. The topological polar surface area (TPSA) is 66.5 Å². The number of rotatable bonds is 7. The van der Waals surface area contributed by atoms with Crippen molar-refractivity contribution in [3.8, 4) is 0 Å². The second-order valence-corrected chi connectivity index (χ2v) is 11.0. The largest absolute Gasteiger partial charge is 0.354 e. The molecule has 2 aromatic carbocycles. The maximum atomic E-state index is 13.2. The molecule has 0 aliphatic heterocycles. The molecule has 5 nitrogen and oxygen atoms in total. The van der Waals surface area contributed by atoms with Gasteiger partial charge in [0, 0.05) is 18.1 Å². The van der Waals surface area contributed by atoms with Gasteiger partial charge in [0.2, 0.25) is 15.9 Å². The monoisotopic (exact) mass is 476 g/mol. The molecular formula is C20H23Cl3N2O3S. The van der Waals surface area contributed by atoms with Crippen LogP contribution in [-0.2, 0) is 21.4 Å². The molecule has 0 aliphatic carbocycles. The highest BCUT2D eigenvalue weighted by atomic mass is 35.5. The summed E-state index contributed by atoms with van der Waals surface area (Å²) in [6, 6.07) is 10.6. The van der Waals surface area contributed by atoms with E-state index in [0.717, 1.165) is 4.31 Å². The normalized spacial score (nSPS) is 12.2. The van der Waals surface area contributed by atoms with Crippen molar-refractivity contribution in [2.75, 3.05) is 13.1 Å². The molecule has 0 saturated carbocycles. The quantitative estimate of drug-likeness (QED) is 0.610. The van der Waals surface area contributed by atoms with E-state index in [4.69, 9.17) is 34.8 Å². The molecule has 0 radical (unpaired) electrons. The number of carbonyl (C=O) groups is 1. The average molecular weight is 478 g/mol. The minimum Gasteiger partial charge on any atom is -0.354 e. The fourth-order valence-corrected chi connectivity index (χ4v) is 4.23. The summed E-state index contributed by atoms with van der Waals surface area (Å²) in [6.07, 6.45) is 0. The Morgan fingerprint density at radius 1 is 1.00 bits per heavy atom. The van der Waals surface area contributed by atoms with Crippen molar-refractivity contribution in [3.63, 3.8) is 0 Å². The van der Waals surface area contributed by atoms with Crippen LogP contribution < -0.4 is 5.32 Å². The van der Waals surface area contributed by atoms with Gasteiger partial charge < -0.3 is 5.32 Å². The number of benzene rings is 2. The first-order chi connectivity index (χ1) is 13.4. The van der Waals surface area contributed by atoms with Crippen LogP contribution in [0.5, 0.6) is 0 Å². The van der Waals surface area contributed by atoms with Crippen molar-refractivity contribution in [2.24, 2.45) is 5.41 Å². The summed E-state index contributed by atoms with van der Waals surface area (Å²) in [5.74, 6) is -0.391. The maximum absolute atomic E-state index is 13.2. The van der Waals surface area contributed by atoms with Gasteiger partial charge in [0.05, 0.1) is 21.5 Å². The molecule has 1 N–H and O–H groups in total. The number of nitrogens with one attached hydrogen (secondary N) is 1. The van der Waals surface area contributed by atoms with Crippen LogP contribution in [0.4, 0.5) is 0 Å². The molecule has 0 aromatic heterocycles. The van der Waals surface area contributed by atoms with E-state index in [-0.39, 0.29) is 23.4 Å². The molecule has 158 valence electrons. The van der Waals surface area contributed by atoms with Gasteiger partial charge >= 0.3 is 0 Å². The third-order valence-electron chi connectivity index (χ3n) is 3.93. The van der Waals surface area contributed by atoms with Gasteiger partial charge in [-0.25, -0.2) is 8.42 Å². The number of halogens is 3. The molecule has 1 amide bonds. The lowest BCUT2D eigenvalue weighted by Crippen LogP contribution is -2.42. The Labute approximate surface area is 187 Å². The van der Waals surface area contributed by atoms with Gasteiger partial charge in [-0.05, 0) is 47.4 Å². The van der Waals surface area contributed by atoms with Crippen molar-refractivity contribution in [3.05, 3.63) is 63.1 Å². The lowest BCUT2D eigenvalue weighted by atomic mass is 9.97. The molecule has 0 bridgehead atoms. The van der Waals surface area contributed by atoms with Crippen molar-refractivity contribution >= 4 is 50.7 Å². The predicted molar refractivity (Wildman–Crippen MR) is 118 cm³/mol. The Morgan fingerprint density at radius 2 is 1.62 bits per heavy atom. The lowest BCUT2D eigenvalue weighted by Gasteiger charge is -2.24. The molecule has 0 heterocycles. The molecule has 29 heavy (non-hydrogen) atoms. The van der Waals surface area contributed by atoms with Crippen LogP contribution in [0.1, 0.15) is 26.3 Å². The first-order valence-electron chi connectivity index (χ1n) is 8.85. The van der Waals surface area contributed by atoms with Gasteiger partial charge in [-0.1, -0.05) is 61.6 Å². The molecule has 0 atom stereocenters. The van der Waals surface area contributed by atoms with Crippen LogP contribution in [0.3, 0.4) is 0 Å². The van der Waals surface area contributed by atoms with Crippen LogP contribution in [0.15, 0.2) is 47.4 Å². The minimum absolute atomic E-state index is 0.0369. The van der Waals surface area contributed by atoms with E-state index in [9.17, 15) is 13.2 Å². The lowest BCUT2D eigenvalue weighted by molar-refractivity contribution is -0.121. The summed E-state index contributed by atoms with van der Waals surface area (Å²) < 4.78 is 27.5. The Bertz CT molecular complexity index is 971. The number of sulfonamides is 1. The van der Waals surface area contributed by atoms with Gasteiger partial charge in [0.25, 0.3) is 0 Å².